The van der Waals surface area contributed by atoms with Crippen LogP contribution >= 0.6 is 0 Å². The van der Waals surface area contributed by atoms with Crippen LogP contribution in [0.1, 0.15) is 22.3 Å². The van der Waals surface area contributed by atoms with E-state index in [1.54, 1.807) is 0 Å². The summed E-state index contributed by atoms with van der Waals surface area (Å²) in [5, 5.41) is 0. The second-order valence-corrected chi connectivity index (χ2v) is 15.6. The molecule has 1 aliphatic heterocycles. The molecule has 2 aliphatic rings. The van der Waals surface area contributed by atoms with E-state index in [0.717, 1.165) is 89.6 Å². The highest BCUT2D eigenvalue weighted by atomic mass is 16.5. The summed E-state index contributed by atoms with van der Waals surface area (Å²) in [5.74, 6) is 4.11. The largest absolute Gasteiger partial charge is 0.457 e. The van der Waals surface area contributed by atoms with Gasteiger partial charge in [-0.15, -0.1) is 0 Å². The maximum atomic E-state index is 6.73. The number of aromatic nitrogens is 5. The van der Waals surface area contributed by atoms with E-state index in [-0.39, 0.29) is 0 Å². The molecule has 0 bridgehead atoms. The van der Waals surface area contributed by atoms with Crippen molar-refractivity contribution >= 4 is 0 Å². The van der Waals surface area contributed by atoms with Gasteiger partial charge in [-0.2, -0.15) is 0 Å². The molecule has 12 rings (SSSR count). The number of benzene rings is 8. The molecule has 0 amide bonds. The lowest BCUT2D eigenvalue weighted by Crippen LogP contribution is -2.32. The molecule has 1 aliphatic carbocycles. The molecule has 10 aromatic rings. The van der Waals surface area contributed by atoms with E-state index in [1.807, 2.05) is 109 Å². The van der Waals surface area contributed by atoms with Gasteiger partial charge in [-0.05, 0) is 52.6 Å². The Bertz CT molecular complexity index is 2980. The van der Waals surface area contributed by atoms with Crippen molar-refractivity contribution in [2.24, 2.45) is 0 Å². The molecule has 0 saturated carbocycles. The first kappa shape index (κ1) is 35.6. The Morgan fingerprint density at radius 3 is 1.06 bits per heavy atom. The van der Waals surface area contributed by atoms with Gasteiger partial charge in [0.25, 0.3) is 0 Å². The Morgan fingerprint density at radius 1 is 0.274 bits per heavy atom. The summed E-state index contributed by atoms with van der Waals surface area (Å²) in [4.78, 5) is 25.8. The average Bonchev–Trinajstić information content (AvgIpc) is 3.64. The van der Waals surface area contributed by atoms with Gasteiger partial charge in [0.1, 0.15) is 11.5 Å². The Morgan fingerprint density at radius 2 is 0.629 bits per heavy atom. The maximum absolute atomic E-state index is 6.73. The van der Waals surface area contributed by atoms with Crippen LogP contribution in [0.15, 0.2) is 212 Å². The van der Waals surface area contributed by atoms with Crippen LogP contribution in [-0.4, -0.2) is 24.9 Å². The van der Waals surface area contributed by atoms with Crippen molar-refractivity contribution in [3.63, 3.8) is 0 Å². The van der Waals surface area contributed by atoms with E-state index in [1.165, 1.54) is 0 Å². The summed E-state index contributed by atoms with van der Waals surface area (Å²) in [6.07, 6.45) is 0. The fourth-order valence-electron chi connectivity index (χ4n) is 9.20. The third kappa shape index (κ3) is 5.76. The van der Waals surface area contributed by atoms with Crippen LogP contribution in [0.3, 0.4) is 0 Å². The van der Waals surface area contributed by atoms with E-state index in [0.29, 0.717) is 23.3 Å². The molecule has 0 N–H and O–H groups in total. The van der Waals surface area contributed by atoms with Crippen molar-refractivity contribution in [3.8, 4) is 90.7 Å². The summed E-state index contributed by atoms with van der Waals surface area (Å²) in [6.45, 7) is 0. The van der Waals surface area contributed by atoms with Gasteiger partial charge in [0, 0.05) is 44.5 Å². The molecular formula is C56H35N5O. The first-order valence-electron chi connectivity index (χ1n) is 20.7. The SMILES string of the molecule is c1ccc(-c2cc(-c3ccccc3)nc(-c3ccc4c(c3)C3(c5ccccc5Oc5ccccc53)c3cc(-c5nc(-c6ccccc6)nc(-c6ccccc6)n5)ccc3-4)n2)cc1. The van der Waals surface area contributed by atoms with Crippen molar-refractivity contribution in [1.82, 2.24) is 24.9 Å². The van der Waals surface area contributed by atoms with E-state index >= 15 is 0 Å². The molecule has 2 aromatic heterocycles. The molecule has 0 fully saturated rings. The molecule has 6 heteroatoms. The predicted molar refractivity (Wildman–Crippen MR) is 245 cm³/mol. The van der Waals surface area contributed by atoms with Crippen molar-refractivity contribution in [1.29, 1.82) is 0 Å². The summed E-state index contributed by atoms with van der Waals surface area (Å²) in [7, 11) is 0. The highest BCUT2D eigenvalue weighted by Gasteiger charge is 2.51. The lowest BCUT2D eigenvalue weighted by atomic mass is 9.65. The van der Waals surface area contributed by atoms with Crippen LogP contribution in [0.25, 0.3) is 79.2 Å². The maximum Gasteiger partial charge on any atom is 0.164 e. The summed E-state index contributed by atoms with van der Waals surface area (Å²) in [6, 6.07) is 73.1. The van der Waals surface area contributed by atoms with Crippen molar-refractivity contribution in [2.75, 3.05) is 0 Å². The zero-order chi connectivity index (χ0) is 41.0. The lowest BCUT2D eigenvalue weighted by molar-refractivity contribution is 0.436. The van der Waals surface area contributed by atoms with Crippen LogP contribution in [0, 0.1) is 0 Å². The van der Waals surface area contributed by atoms with Crippen molar-refractivity contribution in [3.05, 3.63) is 235 Å². The second kappa shape index (κ2) is 14.4. The number of rotatable bonds is 6. The summed E-state index contributed by atoms with van der Waals surface area (Å²) >= 11 is 0. The molecular weight excluding hydrogens is 759 g/mol. The fraction of sp³-hybridized carbons (Fsp3) is 0.0179. The third-order valence-electron chi connectivity index (χ3n) is 12.0. The van der Waals surface area contributed by atoms with E-state index in [2.05, 4.69) is 103 Å². The van der Waals surface area contributed by atoms with Gasteiger partial charge in [0.2, 0.25) is 0 Å². The van der Waals surface area contributed by atoms with Crippen LogP contribution in [0.4, 0.5) is 0 Å². The van der Waals surface area contributed by atoms with Gasteiger partial charge in [-0.1, -0.05) is 182 Å². The number of para-hydroxylation sites is 2. The van der Waals surface area contributed by atoms with Crippen LogP contribution < -0.4 is 4.74 Å². The Hall–Kier alpha value is -8.35. The molecule has 0 radical (unpaired) electrons. The molecule has 290 valence electrons. The standard InChI is InChI=1S/C56H35N5O/c1-5-17-36(18-6-1)48-35-49(37-19-7-2-8-20-37)58-54(57-48)40-29-31-42-43-32-30-41(55-60-52(38-21-9-3-10-22-38)59-53(61-55)39-23-11-4-12-24-39)34-47(43)56(46(42)33-40)44-25-13-15-27-50(44)62-51-28-16-14-26-45(51)56/h1-35H. The number of hydrogen-bond donors (Lipinski definition) is 0. The Kier molecular flexibility index (Phi) is 8.28. The molecule has 1 spiro atoms. The van der Waals surface area contributed by atoms with Crippen molar-refractivity contribution in [2.45, 2.75) is 5.41 Å². The monoisotopic (exact) mass is 793 g/mol. The van der Waals surface area contributed by atoms with Gasteiger partial charge >= 0.3 is 0 Å². The molecule has 62 heavy (non-hydrogen) atoms. The van der Waals surface area contributed by atoms with Crippen molar-refractivity contribution < 1.29 is 4.74 Å². The van der Waals surface area contributed by atoms with Gasteiger partial charge in [-0.25, -0.2) is 24.9 Å². The van der Waals surface area contributed by atoms with E-state index in [9.17, 15) is 0 Å². The minimum atomic E-state index is -0.765. The molecule has 6 nitrogen and oxygen atoms in total. The van der Waals surface area contributed by atoms with Gasteiger partial charge in [0.15, 0.2) is 23.3 Å². The quantitative estimate of drug-likeness (QED) is 0.167. The Labute approximate surface area is 359 Å². The smallest absolute Gasteiger partial charge is 0.164 e. The minimum Gasteiger partial charge on any atom is -0.457 e. The Balaban J connectivity index is 1.11. The zero-order valence-corrected chi connectivity index (χ0v) is 33.4. The molecule has 8 aromatic carbocycles. The van der Waals surface area contributed by atoms with Gasteiger partial charge in [0.05, 0.1) is 16.8 Å². The molecule has 0 saturated heterocycles. The van der Waals surface area contributed by atoms with Crippen LogP contribution in [0.2, 0.25) is 0 Å². The van der Waals surface area contributed by atoms with Gasteiger partial charge in [-0.3, -0.25) is 0 Å². The fourth-order valence-corrected chi connectivity index (χ4v) is 9.20. The van der Waals surface area contributed by atoms with Gasteiger partial charge < -0.3 is 4.74 Å². The normalized spacial score (nSPS) is 12.8. The molecule has 3 heterocycles. The first-order valence-corrected chi connectivity index (χ1v) is 20.7. The number of ether oxygens (including phenoxy) is 1. The van der Waals surface area contributed by atoms with Crippen LogP contribution in [0.5, 0.6) is 11.5 Å². The molecule has 0 atom stereocenters. The summed E-state index contributed by atoms with van der Waals surface area (Å²) in [5.41, 5.74) is 13.3. The van der Waals surface area contributed by atoms with Crippen LogP contribution in [-0.2, 0) is 5.41 Å². The predicted octanol–water partition coefficient (Wildman–Crippen LogP) is 13.1. The van der Waals surface area contributed by atoms with E-state index in [4.69, 9.17) is 29.7 Å². The highest BCUT2D eigenvalue weighted by Crippen LogP contribution is 2.62. The minimum absolute atomic E-state index is 0.598. The first-order chi connectivity index (χ1) is 30.7. The third-order valence-corrected chi connectivity index (χ3v) is 12.0. The summed E-state index contributed by atoms with van der Waals surface area (Å²) < 4.78 is 6.73. The number of nitrogens with zero attached hydrogens (tertiary/aromatic N) is 5. The number of fused-ring (bicyclic) bond motifs is 9. The van der Waals surface area contributed by atoms with E-state index < -0.39 is 5.41 Å². The second-order valence-electron chi connectivity index (χ2n) is 15.6. The lowest BCUT2D eigenvalue weighted by Gasteiger charge is -2.39. The average molecular weight is 794 g/mol. The number of hydrogen-bond acceptors (Lipinski definition) is 6. The molecule has 0 unspecified atom stereocenters. The zero-order valence-electron chi connectivity index (χ0n) is 33.4. The topological polar surface area (TPSA) is 73.7 Å². The highest BCUT2D eigenvalue weighted by molar-refractivity contribution is 5.91.